The van der Waals surface area contributed by atoms with Crippen molar-refractivity contribution in [2.45, 2.75) is 57.2 Å². The highest BCUT2D eigenvalue weighted by Crippen LogP contribution is 2.33. The minimum atomic E-state index is -0.652. The van der Waals surface area contributed by atoms with Crippen LogP contribution in [0.2, 0.25) is 0 Å². The third-order valence-corrected chi connectivity index (χ3v) is 3.98. The van der Waals surface area contributed by atoms with Crippen molar-refractivity contribution >= 4 is 17.6 Å². The van der Waals surface area contributed by atoms with Crippen molar-refractivity contribution in [1.29, 1.82) is 0 Å². The van der Waals surface area contributed by atoms with Gasteiger partial charge in [-0.2, -0.15) is 0 Å². The van der Waals surface area contributed by atoms with Crippen molar-refractivity contribution in [3.8, 4) is 0 Å². The lowest BCUT2D eigenvalue weighted by atomic mass is 9.78. The summed E-state index contributed by atoms with van der Waals surface area (Å²) in [5.74, 6) is -0.502. The third kappa shape index (κ3) is 4.02. The van der Waals surface area contributed by atoms with Crippen LogP contribution in [0, 0.1) is 11.8 Å². The smallest absolute Gasteiger partial charge is 0.306 e. The maximum absolute atomic E-state index is 11.2. The van der Waals surface area contributed by atoms with Crippen molar-refractivity contribution < 1.29 is 9.90 Å². The molecule has 0 aromatic carbocycles. The van der Waals surface area contributed by atoms with Crippen LogP contribution in [-0.2, 0) is 4.79 Å². The molecule has 1 saturated carbocycles. The van der Waals surface area contributed by atoms with Gasteiger partial charge in [0, 0.05) is 5.38 Å². The van der Waals surface area contributed by atoms with Crippen LogP contribution in [0.3, 0.4) is 0 Å². The average molecular weight is 233 g/mol. The molecule has 2 unspecified atom stereocenters. The molecule has 1 fully saturated rings. The Morgan fingerprint density at radius 2 is 2.00 bits per heavy atom. The average Bonchev–Trinajstić information content (AvgIpc) is 2.26. The molecule has 0 aromatic rings. The number of carboxylic acid groups (broad SMARTS) is 1. The highest BCUT2D eigenvalue weighted by Gasteiger charge is 2.30. The molecule has 0 heterocycles. The molecule has 0 aliphatic heterocycles. The van der Waals surface area contributed by atoms with E-state index in [1.807, 2.05) is 6.92 Å². The van der Waals surface area contributed by atoms with Gasteiger partial charge >= 0.3 is 5.97 Å². The number of hydrogen-bond acceptors (Lipinski definition) is 1. The number of aliphatic carboxylic acids is 1. The summed E-state index contributed by atoms with van der Waals surface area (Å²) in [5.41, 5.74) is 0. The molecule has 0 amide bonds. The highest BCUT2D eigenvalue weighted by atomic mass is 35.5. The molecular weight excluding hydrogens is 212 g/mol. The maximum Gasteiger partial charge on any atom is 0.306 e. The summed E-state index contributed by atoms with van der Waals surface area (Å²) < 4.78 is 0. The molecule has 1 aliphatic rings. The van der Waals surface area contributed by atoms with E-state index >= 15 is 0 Å². The topological polar surface area (TPSA) is 37.3 Å². The molecule has 0 saturated heterocycles. The number of carboxylic acids is 1. The lowest BCUT2D eigenvalue weighted by Gasteiger charge is -2.28. The van der Waals surface area contributed by atoms with Crippen LogP contribution in [0.1, 0.15) is 51.9 Å². The molecule has 2 atom stereocenters. The molecule has 1 rings (SSSR count). The predicted octanol–water partition coefficient (Wildman–Crippen LogP) is 3.68. The summed E-state index contributed by atoms with van der Waals surface area (Å²) in [7, 11) is 0. The van der Waals surface area contributed by atoms with E-state index in [0.717, 1.165) is 19.3 Å². The fraction of sp³-hybridized carbons (Fsp3) is 0.917. The zero-order valence-corrected chi connectivity index (χ0v) is 10.2. The molecule has 88 valence electrons. The van der Waals surface area contributed by atoms with Crippen LogP contribution < -0.4 is 0 Å². The van der Waals surface area contributed by atoms with Crippen molar-refractivity contribution in [3.05, 3.63) is 0 Å². The van der Waals surface area contributed by atoms with Crippen LogP contribution >= 0.6 is 11.6 Å². The largest absolute Gasteiger partial charge is 0.481 e. The predicted molar refractivity (Wildman–Crippen MR) is 62.2 cm³/mol. The molecule has 3 heteroatoms. The SMILES string of the molecule is CCC(Cl)CC(C(=O)O)C1CCCCC1. The molecule has 0 bridgehead atoms. The fourth-order valence-corrected chi connectivity index (χ4v) is 2.67. The zero-order chi connectivity index (χ0) is 11.3. The monoisotopic (exact) mass is 232 g/mol. The number of hydrogen-bond donors (Lipinski definition) is 1. The Hall–Kier alpha value is -0.240. The van der Waals surface area contributed by atoms with Crippen LogP contribution in [0.4, 0.5) is 0 Å². The van der Waals surface area contributed by atoms with Crippen LogP contribution in [-0.4, -0.2) is 16.5 Å². The Labute approximate surface area is 97.0 Å². The standard InChI is InChI=1S/C12H21ClO2/c1-2-10(13)8-11(12(14)15)9-6-4-3-5-7-9/h9-11H,2-8H2,1H3,(H,14,15). The van der Waals surface area contributed by atoms with Crippen molar-refractivity contribution in [2.75, 3.05) is 0 Å². The number of alkyl halides is 1. The number of rotatable bonds is 5. The maximum atomic E-state index is 11.2. The first-order chi connectivity index (χ1) is 7.15. The lowest BCUT2D eigenvalue weighted by Crippen LogP contribution is -2.27. The van der Waals surface area contributed by atoms with Gasteiger partial charge in [-0.05, 0) is 31.6 Å². The second kappa shape index (κ2) is 6.37. The van der Waals surface area contributed by atoms with Gasteiger partial charge in [0.15, 0.2) is 0 Å². The van der Waals surface area contributed by atoms with Gasteiger partial charge in [-0.15, -0.1) is 11.6 Å². The van der Waals surface area contributed by atoms with Gasteiger partial charge in [-0.1, -0.05) is 26.2 Å². The Balaban J connectivity index is 2.51. The highest BCUT2D eigenvalue weighted by molar-refractivity contribution is 6.20. The zero-order valence-electron chi connectivity index (χ0n) is 9.42. The van der Waals surface area contributed by atoms with Crippen LogP contribution in [0.25, 0.3) is 0 Å². The first kappa shape index (κ1) is 12.8. The van der Waals surface area contributed by atoms with Gasteiger partial charge in [-0.3, -0.25) is 4.79 Å². The van der Waals surface area contributed by atoms with E-state index < -0.39 is 5.97 Å². The van der Waals surface area contributed by atoms with Crippen molar-refractivity contribution in [3.63, 3.8) is 0 Å². The fourth-order valence-electron chi connectivity index (χ4n) is 2.47. The first-order valence-electron chi connectivity index (χ1n) is 6.02. The van der Waals surface area contributed by atoms with E-state index in [2.05, 4.69) is 0 Å². The molecule has 1 N–H and O–H groups in total. The summed E-state index contributed by atoms with van der Waals surface area (Å²) in [6, 6.07) is 0. The summed E-state index contributed by atoms with van der Waals surface area (Å²) in [6.07, 6.45) is 7.28. The second-order valence-corrected chi connectivity index (χ2v) is 5.20. The molecule has 0 aromatic heterocycles. The minimum Gasteiger partial charge on any atom is -0.481 e. The van der Waals surface area contributed by atoms with E-state index in [4.69, 9.17) is 11.6 Å². The van der Waals surface area contributed by atoms with Gasteiger partial charge < -0.3 is 5.11 Å². The van der Waals surface area contributed by atoms with Crippen molar-refractivity contribution in [2.24, 2.45) is 11.8 Å². The minimum absolute atomic E-state index is 0.0213. The Bertz CT molecular complexity index is 200. The Kier molecular flexibility index (Phi) is 5.44. The van der Waals surface area contributed by atoms with Crippen molar-refractivity contribution in [1.82, 2.24) is 0 Å². The lowest BCUT2D eigenvalue weighted by molar-refractivity contribution is -0.144. The van der Waals surface area contributed by atoms with Gasteiger partial charge in [-0.25, -0.2) is 0 Å². The molecule has 1 aliphatic carbocycles. The molecular formula is C12H21ClO2. The Morgan fingerprint density at radius 3 is 2.47 bits per heavy atom. The molecule has 0 spiro atoms. The van der Waals surface area contributed by atoms with E-state index in [1.54, 1.807) is 0 Å². The normalized spacial score (nSPS) is 22.3. The number of carbonyl (C=O) groups is 1. The molecule has 0 radical (unpaired) electrons. The van der Waals surface area contributed by atoms with Gasteiger partial charge in [0.1, 0.15) is 0 Å². The van der Waals surface area contributed by atoms with E-state index in [9.17, 15) is 9.90 Å². The van der Waals surface area contributed by atoms with E-state index in [1.165, 1.54) is 19.3 Å². The summed E-state index contributed by atoms with van der Waals surface area (Å²) in [5, 5.41) is 9.23. The third-order valence-electron chi connectivity index (χ3n) is 3.49. The van der Waals surface area contributed by atoms with E-state index in [0.29, 0.717) is 12.3 Å². The van der Waals surface area contributed by atoms with Crippen LogP contribution in [0.5, 0.6) is 0 Å². The van der Waals surface area contributed by atoms with Gasteiger partial charge in [0.25, 0.3) is 0 Å². The van der Waals surface area contributed by atoms with Gasteiger partial charge in [0.05, 0.1) is 5.92 Å². The van der Waals surface area contributed by atoms with Crippen LogP contribution in [0.15, 0.2) is 0 Å². The second-order valence-electron chi connectivity index (χ2n) is 4.58. The van der Waals surface area contributed by atoms with E-state index in [-0.39, 0.29) is 11.3 Å². The summed E-state index contributed by atoms with van der Waals surface area (Å²) >= 11 is 6.06. The quantitative estimate of drug-likeness (QED) is 0.735. The molecule has 15 heavy (non-hydrogen) atoms. The van der Waals surface area contributed by atoms with Gasteiger partial charge in [0.2, 0.25) is 0 Å². The number of halogens is 1. The molecule has 2 nitrogen and oxygen atoms in total. The first-order valence-corrected chi connectivity index (χ1v) is 6.45. The summed E-state index contributed by atoms with van der Waals surface area (Å²) in [4.78, 5) is 11.2. The summed E-state index contributed by atoms with van der Waals surface area (Å²) in [6.45, 7) is 2.01. The Morgan fingerprint density at radius 1 is 1.40 bits per heavy atom.